The maximum atomic E-state index is 13.1. The summed E-state index contributed by atoms with van der Waals surface area (Å²) in [4.78, 5) is 24.3. The summed E-state index contributed by atoms with van der Waals surface area (Å²) in [7, 11) is 0. The van der Waals surface area contributed by atoms with E-state index in [1.54, 1.807) is 12.2 Å². The third-order valence-corrected chi connectivity index (χ3v) is 4.14. The highest BCUT2D eigenvalue weighted by atomic mass is 32.2. The summed E-state index contributed by atoms with van der Waals surface area (Å²) in [6.45, 7) is -0.608. The monoisotopic (exact) mass is 274 g/mol. The Morgan fingerprint density at radius 1 is 1.44 bits per heavy atom. The summed E-state index contributed by atoms with van der Waals surface area (Å²) < 4.78 is 13.2. The van der Waals surface area contributed by atoms with E-state index in [9.17, 15) is 24.2 Å². The Morgan fingerprint density at radius 3 is 2.67 bits per heavy atom. The van der Waals surface area contributed by atoms with Crippen molar-refractivity contribution in [1.29, 1.82) is 0 Å². The molecule has 1 atom stereocenters. The minimum absolute atomic E-state index is 0.304. The molecule has 1 aliphatic rings. The molecule has 0 aromatic carbocycles. The molecule has 0 fully saturated rings. The highest BCUT2D eigenvalue weighted by molar-refractivity contribution is 8.01. The second-order valence-electron chi connectivity index (χ2n) is 3.89. The lowest BCUT2D eigenvalue weighted by Crippen LogP contribution is -2.34. The number of rotatable bonds is 3. The highest BCUT2D eigenvalue weighted by Gasteiger charge is 2.35. The highest BCUT2D eigenvalue weighted by Crippen LogP contribution is 2.42. The molecular weight excluding hydrogens is 263 g/mol. The van der Waals surface area contributed by atoms with Crippen molar-refractivity contribution in [2.75, 3.05) is 13.2 Å². The fraction of sp³-hybridized carbons (Fsp3) is 0.400. The molecule has 0 saturated heterocycles. The van der Waals surface area contributed by atoms with E-state index in [0.717, 1.165) is 22.5 Å². The fourth-order valence-electron chi connectivity index (χ4n) is 1.61. The van der Waals surface area contributed by atoms with E-state index in [4.69, 9.17) is 0 Å². The van der Waals surface area contributed by atoms with Gasteiger partial charge in [0.2, 0.25) is 5.82 Å². The minimum atomic E-state index is -1.07. The molecule has 1 aromatic heterocycles. The maximum Gasteiger partial charge on any atom is 0.329 e. The van der Waals surface area contributed by atoms with Gasteiger partial charge in [-0.1, -0.05) is 12.2 Å². The van der Waals surface area contributed by atoms with Gasteiger partial charge < -0.3 is 10.2 Å². The third kappa shape index (κ3) is 2.14. The molecule has 1 unspecified atom stereocenters. The third-order valence-electron chi connectivity index (χ3n) is 2.65. The van der Waals surface area contributed by atoms with Gasteiger partial charge in [0.1, 0.15) is 5.37 Å². The maximum absolute atomic E-state index is 13.1. The number of H-pyrrole nitrogens is 1. The van der Waals surface area contributed by atoms with Gasteiger partial charge in [0.25, 0.3) is 5.56 Å². The molecule has 6 nitrogen and oxygen atoms in total. The van der Waals surface area contributed by atoms with Crippen LogP contribution in [0.2, 0.25) is 0 Å². The zero-order chi connectivity index (χ0) is 13.3. The van der Waals surface area contributed by atoms with Crippen LogP contribution >= 0.6 is 11.8 Å². The Hall–Kier alpha value is -1.38. The Labute approximate surface area is 105 Å². The largest absolute Gasteiger partial charge is 0.395 e. The SMILES string of the molecule is O=c1[nH]c(=O)n(C2C=CC(CO)(CO)S2)cc1F. The van der Waals surface area contributed by atoms with Crippen molar-refractivity contribution in [3.63, 3.8) is 0 Å². The lowest BCUT2D eigenvalue weighted by Gasteiger charge is -2.23. The quantitative estimate of drug-likeness (QED) is 0.627. The van der Waals surface area contributed by atoms with E-state index in [-0.39, 0.29) is 13.2 Å². The second kappa shape index (κ2) is 4.71. The molecule has 0 amide bonds. The molecule has 1 aliphatic heterocycles. The van der Waals surface area contributed by atoms with Gasteiger partial charge in [-0.15, -0.1) is 11.8 Å². The van der Waals surface area contributed by atoms with Crippen molar-refractivity contribution >= 4 is 11.8 Å². The number of aromatic nitrogens is 2. The minimum Gasteiger partial charge on any atom is -0.395 e. The van der Waals surface area contributed by atoms with Crippen molar-refractivity contribution in [2.45, 2.75) is 10.1 Å². The number of nitrogens with zero attached hydrogens (tertiary/aromatic N) is 1. The molecule has 2 rings (SSSR count). The van der Waals surface area contributed by atoms with Crippen molar-refractivity contribution in [3.8, 4) is 0 Å². The van der Waals surface area contributed by atoms with Crippen LogP contribution < -0.4 is 11.2 Å². The predicted octanol–water partition coefficient (Wildman–Crippen LogP) is -0.799. The Bertz CT molecular complexity index is 590. The topological polar surface area (TPSA) is 95.3 Å². The number of thioether (sulfide) groups is 1. The van der Waals surface area contributed by atoms with Crippen LogP contribution in [-0.2, 0) is 0 Å². The first kappa shape index (κ1) is 13.1. The van der Waals surface area contributed by atoms with E-state index >= 15 is 0 Å². The van der Waals surface area contributed by atoms with E-state index in [1.165, 1.54) is 0 Å². The van der Waals surface area contributed by atoms with Crippen LogP contribution in [0.5, 0.6) is 0 Å². The average molecular weight is 274 g/mol. The number of hydrogen-bond acceptors (Lipinski definition) is 5. The van der Waals surface area contributed by atoms with Crippen LogP contribution in [-0.4, -0.2) is 37.7 Å². The first-order chi connectivity index (χ1) is 8.51. The zero-order valence-corrected chi connectivity index (χ0v) is 9.98. The molecule has 0 radical (unpaired) electrons. The molecule has 18 heavy (non-hydrogen) atoms. The van der Waals surface area contributed by atoms with Crippen LogP contribution in [0.25, 0.3) is 0 Å². The molecule has 3 N–H and O–H groups in total. The first-order valence-electron chi connectivity index (χ1n) is 5.11. The van der Waals surface area contributed by atoms with E-state index in [0.29, 0.717) is 0 Å². The van der Waals surface area contributed by atoms with Gasteiger partial charge in [-0.25, -0.2) is 4.79 Å². The van der Waals surface area contributed by atoms with Gasteiger partial charge in [-0.3, -0.25) is 14.3 Å². The smallest absolute Gasteiger partial charge is 0.329 e. The van der Waals surface area contributed by atoms with Gasteiger partial charge in [0.05, 0.1) is 24.2 Å². The molecule has 0 bridgehead atoms. The molecule has 98 valence electrons. The Kier molecular flexibility index (Phi) is 3.42. The summed E-state index contributed by atoms with van der Waals surface area (Å²) in [5.74, 6) is -1.06. The molecule has 1 aromatic rings. The van der Waals surface area contributed by atoms with Crippen LogP contribution in [0.4, 0.5) is 4.39 Å². The lowest BCUT2D eigenvalue weighted by atomic mass is 10.1. The summed E-state index contributed by atoms with van der Waals surface area (Å²) in [6.07, 6.45) is 3.95. The number of aliphatic hydroxyl groups excluding tert-OH is 2. The van der Waals surface area contributed by atoms with Gasteiger partial charge in [0.15, 0.2) is 0 Å². The number of hydrogen-bond donors (Lipinski definition) is 3. The molecule has 0 spiro atoms. The van der Waals surface area contributed by atoms with Crippen molar-refractivity contribution in [2.24, 2.45) is 0 Å². The van der Waals surface area contributed by atoms with E-state index < -0.39 is 27.2 Å². The van der Waals surface area contributed by atoms with Crippen molar-refractivity contribution in [3.05, 3.63) is 45.0 Å². The number of aliphatic hydroxyl groups is 2. The summed E-state index contributed by atoms with van der Waals surface area (Å²) in [5, 5.41) is 17.8. The van der Waals surface area contributed by atoms with Crippen molar-refractivity contribution < 1.29 is 14.6 Å². The molecular formula is C10H11FN2O4S. The van der Waals surface area contributed by atoms with Crippen molar-refractivity contribution in [1.82, 2.24) is 9.55 Å². The van der Waals surface area contributed by atoms with E-state index in [1.807, 2.05) is 4.98 Å². The number of aromatic amines is 1. The molecule has 8 heteroatoms. The average Bonchev–Trinajstić information content (AvgIpc) is 2.79. The Morgan fingerprint density at radius 2 is 2.11 bits per heavy atom. The lowest BCUT2D eigenvalue weighted by molar-refractivity contribution is 0.197. The normalized spacial score (nSPS) is 21.4. The standard InChI is InChI=1S/C10H11FN2O4S/c11-6-3-13(9(17)12-8(6)16)7-1-2-10(4-14,5-15)18-7/h1-3,7,14-15H,4-5H2,(H,12,16,17). The van der Waals surface area contributed by atoms with Gasteiger partial charge in [-0.05, 0) is 0 Å². The molecule has 0 aliphatic carbocycles. The summed E-state index contributed by atoms with van der Waals surface area (Å²) >= 11 is 1.10. The molecule has 2 heterocycles. The number of halogens is 1. The fourth-order valence-corrected chi connectivity index (χ4v) is 2.82. The van der Waals surface area contributed by atoms with Crippen LogP contribution in [0.1, 0.15) is 5.37 Å². The second-order valence-corrected chi connectivity index (χ2v) is 5.42. The van der Waals surface area contributed by atoms with Crippen LogP contribution in [0.15, 0.2) is 27.9 Å². The van der Waals surface area contributed by atoms with Crippen LogP contribution in [0.3, 0.4) is 0 Å². The zero-order valence-electron chi connectivity index (χ0n) is 9.17. The van der Waals surface area contributed by atoms with Crippen LogP contribution in [0, 0.1) is 5.82 Å². The van der Waals surface area contributed by atoms with Gasteiger partial charge >= 0.3 is 5.69 Å². The summed E-state index contributed by atoms with van der Waals surface area (Å²) in [6, 6.07) is 0. The number of nitrogens with one attached hydrogen (secondary N) is 1. The van der Waals surface area contributed by atoms with Gasteiger partial charge in [-0.2, -0.15) is 4.39 Å². The molecule has 0 saturated carbocycles. The summed E-state index contributed by atoms with van der Waals surface area (Å²) in [5.41, 5.74) is -1.81. The predicted molar refractivity (Wildman–Crippen MR) is 64.0 cm³/mol. The first-order valence-corrected chi connectivity index (χ1v) is 5.99. The van der Waals surface area contributed by atoms with Gasteiger partial charge in [0, 0.05) is 0 Å². The Balaban J connectivity index is 2.37. The van der Waals surface area contributed by atoms with E-state index in [2.05, 4.69) is 0 Å².